The first-order valence-corrected chi connectivity index (χ1v) is 10.0. The van der Waals surface area contributed by atoms with Gasteiger partial charge in [-0.2, -0.15) is 4.31 Å². The molecule has 0 atom stereocenters. The van der Waals surface area contributed by atoms with Crippen LogP contribution in [0.15, 0.2) is 33.2 Å². The van der Waals surface area contributed by atoms with Crippen LogP contribution in [0.1, 0.15) is 10.4 Å². The lowest BCUT2D eigenvalue weighted by atomic mass is 10.1. The van der Waals surface area contributed by atoms with Crippen molar-refractivity contribution in [3.05, 3.63) is 39.4 Å². The molecule has 0 saturated heterocycles. The molecule has 0 aromatic carbocycles. The van der Waals surface area contributed by atoms with Gasteiger partial charge in [0.2, 0.25) is 5.91 Å². The maximum absolute atomic E-state index is 12.4. The second-order valence-corrected chi connectivity index (χ2v) is 9.35. The van der Waals surface area contributed by atoms with E-state index in [0.717, 1.165) is 22.1 Å². The van der Waals surface area contributed by atoms with Crippen LogP contribution in [0, 0.1) is 0 Å². The van der Waals surface area contributed by atoms with Crippen molar-refractivity contribution in [1.29, 1.82) is 0 Å². The summed E-state index contributed by atoms with van der Waals surface area (Å²) in [6.45, 7) is 1.10. The van der Waals surface area contributed by atoms with Gasteiger partial charge in [-0.3, -0.25) is 4.79 Å². The number of hydrogen-bond acceptors (Lipinski definition) is 5. The molecular formula is C14H16N2O3S3. The van der Waals surface area contributed by atoms with E-state index in [1.165, 1.54) is 17.5 Å². The van der Waals surface area contributed by atoms with Gasteiger partial charge in [-0.05, 0) is 34.9 Å². The van der Waals surface area contributed by atoms with E-state index in [9.17, 15) is 13.2 Å². The fourth-order valence-corrected chi connectivity index (χ4v) is 5.61. The Morgan fingerprint density at radius 3 is 2.86 bits per heavy atom. The van der Waals surface area contributed by atoms with Crippen molar-refractivity contribution in [2.75, 3.05) is 20.1 Å². The number of carbonyl (C=O) groups excluding carboxylic acids is 1. The molecule has 0 radical (unpaired) electrons. The van der Waals surface area contributed by atoms with E-state index in [2.05, 4.69) is 0 Å². The topological polar surface area (TPSA) is 57.7 Å². The van der Waals surface area contributed by atoms with Gasteiger partial charge in [-0.1, -0.05) is 6.07 Å². The number of hydrogen-bond donors (Lipinski definition) is 0. The number of fused-ring (bicyclic) bond motifs is 1. The Balaban J connectivity index is 1.67. The third-order valence-corrected chi connectivity index (χ3v) is 7.88. The van der Waals surface area contributed by atoms with Crippen LogP contribution in [-0.2, 0) is 27.8 Å². The minimum absolute atomic E-state index is 0.125. The van der Waals surface area contributed by atoms with Crippen LogP contribution in [0.2, 0.25) is 0 Å². The van der Waals surface area contributed by atoms with E-state index in [4.69, 9.17) is 0 Å². The van der Waals surface area contributed by atoms with Gasteiger partial charge in [0.25, 0.3) is 10.0 Å². The average Bonchev–Trinajstić information content (AvgIpc) is 3.17. The van der Waals surface area contributed by atoms with E-state index in [1.54, 1.807) is 33.7 Å². The second-order valence-electron chi connectivity index (χ2n) is 5.13. The lowest BCUT2D eigenvalue weighted by molar-refractivity contribution is -0.132. The molecular weight excluding hydrogens is 340 g/mol. The summed E-state index contributed by atoms with van der Waals surface area (Å²) in [6.07, 6.45) is 0.847. The molecule has 0 unspecified atom stereocenters. The third-order valence-electron chi connectivity index (χ3n) is 3.68. The first-order valence-electron chi connectivity index (χ1n) is 6.81. The van der Waals surface area contributed by atoms with Crippen molar-refractivity contribution in [3.8, 4) is 0 Å². The molecule has 0 aliphatic carbocycles. The zero-order valence-corrected chi connectivity index (χ0v) is 14.5. The highest BCUT2D eigenvalue weighted by Gasteiger charge is 2.27. The van der Waals surface area contributed by atoms with Gasteiger partial charge >= 0.3 is 0 Å². The summed E-state index contributed by atoms with van der Waals surface area (Å²) in [5.41, 5.74) is 1.17. The van der Waals surface area contributed by atoms with Gasteiger partial charge in [0, 0.05) is 25.0 Å². The predicted molar refractivity (Wildman–Crippen MR) is 87.6 cm³/mol. The molecule has 5 nitrogen and oxygen atoms in total. The molecule has 3 heterocycles. The van der Waals surface area contributed by atoms with Gasteiger partial charge in [-0.15, -0.1) is 22.7 Å². The maximum Gasteiger partial charge on any atom is 0.252 e. The number of rotatable bonds is 4. The highest BCUT2D eigenvalue weighted by Crippen LogP contribution is 2.24. The Bertz CT molecular complexity index is 765. The van der Waals surface area contributed by atoms with Crippen LogP contribution in [0.25, 0.3) is 0 Å². The monoisotopic (exact) mass is 356 g/mol. The molecule has 0 spiro atoms. The minimum Gasteiger partial charge on any atom is -0.337 e. The van der Waals surface area contributed by atoms with Crippen LogP contribution >= 0.6 is 22.7 Å². The Kier molecular flexibility index (Phi) is 4.35. The number of sulfonamides is 1. The van der Waals surface area contributed by atoms with E-state index >= 15 is 0 Å². The lowest BCUT2D eigenvalue weighted by Crippen LogP contribution is -2.42. The first kappa shape index (κ1) is 15.7. The number of carbonyl (C=O) groups is 1. The van der Waals surface area contributed by atoms with E-state index in [0.29, 0.717) is 13.1 Å². The highest BCUT2D eigenvalue weighted by atomic mass is 32.2. The number of thiophene rings is 2. The normalized spacial score (nSPS) is 15.1. The fraction of sp³-hybridized carbons (Fsp3) is 0.357. The van der Waals surface area contributed by atoms with E-state index < -0.39 is 10.0 Å². The predicted octanol–water partition coefficient (Wildman–Crippen LogP) is 2.02. The van der Waals surface area contributed by atoms with Crippen molar-refractivity contribution in [1.82, 2.24) is 9.21 Å². The van der Waals surface area contributed by atoms with Crippen LogP contribution in [0.4, 0.5) is 0 Å². The average molecular weight is 356 g/mol. The summed E-state index contributed by atoms with van der Waals surface area (Å²) in [4.78, 5) is 15.4. The molecule has 2 aromatic rings. The molecule has 22 heavy (non-hydrogen) atoms. The molecule has 0 N–H and O–H groups in total. The summed E-state index contributed by atoms with van der Waals surface area (Å²) >= 11 is 2.87. The number of amides is 1. The molecule has 3 rings (SSSR count). The SMILES string of the molecule is CN(CC(=O)N1CCc2sccc2C1)S(=O)(=O)c1cccs1. The maximum atomic E-state index is 12.4. The Morgan fingerprint density at radius 1 is 1.32 bits per heavy atom. The summed E-state index contributed by atoms with van der Waals surface area (Å²) in [5, 5.41) is 3.75. The first-order chi connectivity index (χ1) is 10.5. The molecule has 2 aromatic heterocycles. The van der Waals surface area contributed by atoms with Crippen molar-refractivity contribution in [3.63, 3.8) is 0 Å². The molecule has 1 aliphatic heterocycles. The number of nitrogens with zero attached hydrogens (tertiary/aromatic N) is 2. The zero-order valence-electron chi connectivity index (χ0n) is 12.1. The molecule has 118 valence electrons. The zero-order chi connectivity index (χ0) is 15.7. The van der Waals surface area contributed by atoms with Gasteiger partial charge in [0.15, 0.2) is 0 Å². The summed E-state index contributed by atoms with van der Waals surface area (Å²) in [5.74, 6) is -0.153. The van der Waals surface area contributed by atoms with E-state index in [-0.39, 0.29) is 16.7 Å². The summed E-state index contributed by atoms with van der Waals surface area (Å²) in [6, 6.07) is 5.28. The Labute approximate surface area is 137 Å². The second kappa shape index (κ2) is 6.11. The summed E-state index contributed by atoms with van der Waals surface area (Å²) in [7, 11) is -2.12. The Hall–Kier alpha value is -1.22. The largest absolute Gasteiger partial charge is 0.337 e. The van der Waals surface area contributed by atoms with Gasteiger partial charge in [0.05, 0.1) is 6.54 Å². The summed E-state index contributed by atoms with van der Waals surface area (Å²) < 4.78 is 26.1. The van der Waals surface area contributed by atoms with Gasteiger partial charge < -0.3 is 4.90 Å². The van der Waals surface area contributed by atoms with Crippen LogP contribution in [0.3, 0.4) is 0 Å². The molecule has 0 bridgehead atoms. The third kappa shape index (κ3) is 2.96. The van der Waals surface area contributed by atoms with Crippen molar-refractivity contribution >= 4 is 38.6 Å². The van der Waals surface area contributed by atoms with E-state index in [1.807, 2.05) is 11.4 Å². The standard InChI is InChI=1S/C14H16N2O3S3/c1-15(22(18,19)14-3-2-7-21-14)10-13(17)16-6-4-12-11(9-16)5-8-20-12/h2-3,5,7-8H,4,6,9-10H2,1H3. The van der Waals surface area contributed by atoms with Crippen molar-refractivity contribution in [2.24, 2.45) is 0 Å². The molecule has 1 aliphatic rings. The molecule has 8 heteroatoms. The number of likely N-dealkylation sites (N-methyl/N-ethyl adjacent to an activating group) is 1. The smallest absolute Gasteiger partial charge is 0.252 e. The van der Waals surface area contributed by atoms with Crippen LogP contribution in [-0.4, -0.2) is 43.7 Å². The lowest BCUT2D eigenvalue weighted by Gasteiger charge is -2.28. The van der Waals surface area contributed by atoms with Gasteiger partial charge in [-0.25, -0.2) is 8.42 Å². The van der Waals surface area contributed by atoms with Gasteiger partial charge in [0.1, 0.15) is 4.21 Å². The molecule has 0 saturated carbocycles. The van der Waals surface area contributed by atoms with Crippen molar-refractivity contribution < 1.29 is 13.2 Å². The van der Waals surface area contributed by atoms with Crippen molar-refractivity contribution in [2.45, 2.75) is 17.2 Å². The van der Waals surface area contributed by atoms with Crippen LogP contribution in [0.5, 0.6) is 0 Å². The minimum atomic E-state index is -3.57. The quantitative estimate of drug-likeness (QED) is 0.842. The fourth-order valence-electron chi connectivity index (χ4n) is 2.40. The molecule has 0 fully saturated rings. The highest BCUT2D eigenvalue weighted by molar-refractivity contribution is 7.91. The Morgan fingerprint density at radius 2 is 2.14 bits per heavy atom. The molecule has 1 amide bonds. The van der Waals surface area contributed by atoms with Crippen LogP contribution < -0.4 is 0 Å².